The SMILES string of the molecule is Nc1cccc(F)c1S(=O)(=O)Nc1ccc(CO)cc1. The fraction of sp³-hybridized carbons (Fsp3) is 0.0769. The van der Waals surface area contributed by atoms with Crippen LogP contribution in [0.4, 0.5) is 15.8 Å². The number of halogens is 1. The number of nitrogens with one attached hydrogen (secondary N) is 1. The Bertz CT molecular complexity index is 695. The number of anilines is 2. The van der Waals surface area contributed by atoms with Crippen molar-refractivity contribution in [1.29, 1.82) is 0 Å². The molecule has 106 valence electrons. The summed E-state index contributed by atoms with van der Waals surface area (Å²) in [5.74, 6) is -0.913. The van der Waals surface area contributed by atoms with Gasteiger partial charge >= 0.3 is 0 Å². The molecule has 0 saturated carbocycles. The van der Waals surface area contributed by atoms with Gasteiger partial charge in [0.2, 0.25) is 0 Å². The van der Waals surface area contributed by atoms with Gasteiger partial charge in [-0.1, -0.05) is 18.2 Å². The first-order valence-corrected chi connectivity index (χ1v) is 7.19. The molecule has 0 fully saturated rings. The largest absolute Gasteiger partial charge is 0.398 e. The third-order valence-electron chi connectivity index (χ3n) is 2.65. The Morgan fingerprint density at radius 2 is 1.80 bits per heavy atom. The lowest BCUT2D eigenvalue weighted by Crippen LogP contribution is -2.16. The molecule has 0 spiro atoms. The molecule has 0 bridgehead atoms. The molecule has 0 heterocycles. The van der Waals surface area contributed by atoms with Crippen LogP contribution >= 0.6 is 0 Å². The molecule has 0 unspecified atom stereocenters. The minimum absolute atomic E-state index is 0.146. The first-order valence-electron chi connectivity index (χ1n) is 5.70. The second-order valence-electron chi connectivity index (χ2n) is 4.12. The second-order valence-corrected chi connectivity index (χ2v) is 5.74. The average Bonchev–Trinajstić information content (AvgIpc) is 2.38. The van der Waals surface area contributed by atoms with Crippen LogP contribution in [0.1, 0.15) is 5.56 Å². The van der Waals surface area contributed by atoms with Crippen LogP contribution < -0.4 is 10.5 Å². The lowest BCUT2D eigenvalue weighted by atomic mass is 10.2. The number of benzene rings is 2. The Kier molecular flexibility index (Phi) is 3.91. The number of rotatable bonds is 4. The molecular weight excluding hydrogens is 283 g/mol. The van der Waals surface area contributed by atoms with Gasteiger partial charge in [-0.15, -0.1) is 0 Å². The predicted octanol–water partition coefficient (Wildman–Crippen LogP) is 1.70. The molecule has 0 atom stereocenters. The summed E-state index contributed by atoms with van der Waals surface area (Å²) < 4.78 is 40.1. The zero-order valence-corrected chi connectivity index (χ0v) is 11.2. The van der Waals surface area contributed by atoms with Crippen LogP contribution in [0.3, 0.4) is 0 Å². The van der Waals surface area contributed by atoms with Gasteiger partial charge in [-0.05, 0) is 29.8 Å². The van der Waals surface area contributed by atoms with Crippen LogP contribution in [-0.4, -0.2) is 13.5 Å². The van der Waals surface area contributed by atoms with Crippen molar-refractivity contribution in [3.63, 3.8) is 0 Å². The van der Waals surface area contributed by atoms with Gasteiger partial charge in [0, 0.05) is 5.69 Å². The number of hydrogen-bond acceptors (Lipinski definition) is 4. The molecule has 7 heteroatoms. The summed E-state index contributed by atoms with van der Waals surface area (Å²) in [5.41, 5.74) is 6.24. The van der Waals surface area contributed by atoms with E-state index in [0.29, 0.717) is 5.56 Å². The van der Waals surface area contributed by atoms with Crippen LogP contribution in [0.25, 0.3) is 0 Å². The van der Waals surface area contributed by atoms with Gasteiger partial charge in [-0.3, -0.25) is 4.72 Å². The Morgan fingerprint density at radius 3 is 2.35 bits per heavy atom. The Labute approximate surface area is 115 Å². The highest BCUT2D eigenvalue weighted by atomic mass is 32.2. The minimum atomic E-state index is -4.11. The summed E-state index contributed by atoms with van der Waals surface area (Å²) in [5, 5.41) is 8.91. The number of nitrogen functional groups attached to an aromatic ring is 1. The smallest absolute Gasteiger partial charge is 0.266 e. The van der Waals surface area contributed by atoms with Crippen molar-refractivity contribution >= 4 is 21.4 Å². The van der Waals surface area contributed by atoms with E-state index < -0.39 is 20.7 Å². The first kappa shape index (κ1) is 14.3. The maximum Gasteiger partial charge on any atom is 0.266 e. The summed E-state index contributed by atoms with van der Waals surface area (Å²) >= 11 is 0. The third kappa shape index (κ3) is 2.89. The molecule has 5 nitrogen and oxygen atoms in total. The number of nitrogens with two attached hydrogens (primary N) is 1. The third-order valence-corrected chi connectivity index (χ3v) is 4.13. The second kappa shape index (κ2) is 5.48. The van der Waals surface area contributed by atoms with Crippen molar-refractivity contribution in [3.8, 4) is 0 Å². The Morgan fingerprint density at radius 1 is 1.15 bits per heavy atom. The molecule has 0 radical (unpaired) electrons. The number of aliphatic hydroxyl groups is 1. The quantitative estimate of drug-likeness (QED) is 0.749. The lowest BCUT2D eigenvalue weighted by Gasteiger charge is -2.11. The zero-order valence-electron chi connectivity index (χ0n) is 10.4. The minimum Gasteiger partial charge on any atom is -0.398 e. The van der Waals surface area contributed by atoms with E-state index in [2.05, 4.69) is 4.72 Å². The highest BCUT2D eigenvalue weighted by molar-refractivity contribution is 7.92. The van der Waals surface area contributed by atoms with E-state index in [0.717, 1.165) is 6.07 Å². The van der Waals surface area contributed by atoms with Crippen molar-refractivity contribution in [2.45, 2.75) is 11.5 Å². The van der Waals surface area contributed by atoms with Gasteiger partial charge in [0.05, 0.1) is 12.3 Å². The van der Waals surface area contributed by atoms with Gasteiger partial charge in [-0.25, -0.2) is 12.8 Å². The standard InChI is InChI=1S/C13H13FN2O3S/c14-11-2-1-3-12(15)13(11)20(18,19)16-10-6-4-9(8-17)5-7-10/h1-7,16-17H,8,15H2. The molecule has 2 rings (SSSR count). The number of sulfonamides is 1. The van der Waals surface area contributed by atoms with Crippen molar-refractivity contribution in [2.75, 3.05) is 10.5 Å². The molecular formula is C13H13FN2O3S. The Hall–Kier alpha value is -2.12. The van der Waals surface area contributed by atoms with E-state index >= 15 is 0 Å². The van der Waals surface area contributed by atoms with E-state index in [4.69, 9.17) is 10.8 Å². The first-order chi connectivity index (χ1) is 9.44. The molecule has 0 aliphatic rings. The summed E-state index contributed by atoms with van der Waals surface area (Å²) in [6.07, 6.45) is 0. The fourth-order valence-electron chi connectivity index (χ4n) is 1.69. The summed E-state index contributed by atoms with van der Waals surface area (Å²) in [6, 6.07) is 9.73. The molecule has 20 heavy (non-hydrogen) atoms. The molecule has 0 aliphatic carbocycles. The van der Waals surface area contributed by atoms with E-state index in [-0.39, 0.29) is 18.0 Å². The van der Waals surface area contributed by atoms with E-state index in [1.165, 1.54) is 24.3 Å². The summed E-state index contributed by atoms with van der Waals surface area (Å²) in [7, 11) is -4.11. The molecule has 0 aliphatic heterocycles. The predicted molar refractivity (Wildman–Crippen MR) is 74.0 cm³/mol. The van der Waals surface area contributed by atoms with E-state index in [1.807, 2.05) is 0 Å². The number of hydrogen-bond donors (Lipinski definition) is 3. The fourth-order valence-corrected chi connectivity index (χ4v) is 2.94. The van der Waals surface area contributed by atoms with Gasteiger partial charge in [-0.2, -0.15) is 0 Å². The monoisotopic (exact) mass is 296 g/mol. The molecule has 0 saturated heterocycles. The van der Waals surface area contributed by atoms with Crippen LogP contribution in [-0.2, 0) is 16.6 Å². The lowest BCUT2D eigenvalue weighted by molar-refractivity contribution is 0.282. The van der Waals surface area contributed by atoms with Gasteiger partial charge in [0.1, 0.15) is 10.7 Å². The summed E-state index contributed by atoms with van der Waals surface area (Å²) in [6.45, 7) is -0.146. The van der Waals surface area contributed by atoms with Crippen LogP contribution in [0.5, 0.6) is 0 Å². The van der Waals surface area contributed by atoms with Crippen molar-refractivity contribution in [3.05, 3.63) is 53.8 Å². The van der Waals surface area contributed by atoms with Gasteiger partial charge < -0.3 is 10.8 Å². The maximum atomic E-state index is 13.6. The van der Waals surface area contributed by atoms with Crippen molar-refractivity contribution in [2.24, 2.45) is 0 Å². The molecule has 0 aromatic heterocycles. The van der Waals surface area contributed by atoms with Gasteiger partial charge in [0.15, 0.2) is 0 Å². The Balaban J connectivity index is 2.35. The molecule has 0 amide bonds. The highest BCUT2D eigenvalue weighted by Gasteiger charge is 2.22. The normalized spacial score (nSPS) is 11.3. The van der Waals surface area contributed by atoms with Crippen molar-refractivity contribution in [1.82, 2.24) is 0 Å². The van der Waals surface area contributed by atoms with Gasteiger partial charge in [0.25, 0.3) is 10.0 Å². The van der Waals surface area contributed by atoms with Crippen LogP contribution in [0.15, 0.2) is 47.4 Å². The average molecular weight is 296 g/mol. The topological polar surface area (TPSA) is 92.4 Å². The molecule has 2 aromatic rings. The van der Waals surface area contributed by atoms with Crippen LogP contribution in [0, 0.1) is 5.82 Å². The molecule has 4 N–H and O–H groups in total. The van der Waals surface area contributed by atoms with E-state index in [1.54, 1.807) is 12.1 Å². The zero-order chi connectivity index (χ0) is 14.8. The summed E-state index contributed by atoms with van der Waals surface area (Å²) in [4.78, 5) is -0.578. The van der Waals surface area contributed by atoms with E-state index in [9.17, 15) is 12.8 Å². The van der Waals surface area contributed by atoms with Crippen molar-refractivity contribution < 1.29 is 17.9 Å². The molecule has 2 aromatic carbocycles. The maximum absolute atomic E-state index is 13.6. The van der Waals surface area contributed by atoms with Crippen LogP contribution in [0.2, 0.25) is 0 Å². The highest BCUT2D eigenvalue weighted by Crippen LogP contribution is 2.24. The number of aliphatic hydroxyl groups excluding tert-OH is 1.